The molecular formula is C38H46Cl2FN5O6S2. The Morgan fingerprint density at radius 2 is 1.65 bits per heavy atom. The van der Waals surface area contributed by atoms with Gasteiger partial charge in [-0.2, -0.15) is 0 Å². The van der Waals surface area contributed by atoms with Gasteiger partial charge in [0.25, 0.3) is 21.6 Å². The fourth-order valence-corrected chi connectivity index (χ4v) is 8.16. The number of carbonyl (C=O) groups is 1. The third-order valence-electron chi connectivity index (χ3n) is 9.25. The van der Waals surface area contributed by atoms with Crippen LogP contribution in [0.5, 0.6) is 0 Å². The SMILES string of the molecule is COC1(Cc2ccccc2F)CCN(c2ccc(C(=O)NS(=O)(=O)c3ccc(N[C@H](CCN(C)C)CSc4ccccc4)c([N+](=O)[O-])c3)cc2)CC1.Cl.Cl. The van der Waals surface area contributed by atoms with E-state index in [9.17, 15) is 27.7 Å². The quantitative estimate of drug-likeness (QED) is 0.0667. The second-order valence-corrected chi connectivity index (χ2v) is 15.9. The van der Waals surface area contributed by atoms with Crippen LogP contribution in [-0.2, 0) is 21.2 Å². The van der Waals surface area contributed by atoms with Crippen LogP contribution in [0.15, 0.2) is 107 Å². The van der Waals surface area contributed by atoms with Gasteiger partial charge in [-0.25, -0.2) is 17.5 Å². The predicted octanol–water partition coefficient (Wildman–Crippen LogP) is 7.45. The molecule has 0 spiro atoms. The summed E-state index contributed by atoms with van der Waals surface area (Å²) < 4.78 is 48.9. The molecule has 16 heteroatoms. The number of benzene rings is 4. The third-order valence-corrected chi connectivity index (χ3v) is 11.8. The Morgan fingerprint density at radius 3 is 2.26 bits per heavy atom. The fourth-order valence-electron chi connectivity index (χ4n) is 6.17. The molecule has 1 heterocycles. The number of nitro benzene ring substituents is 1. The van der Waals surface area contributed by atoms with E-state index in [-0.39, 0.29) is 47.9 Å². The van der Waals surface area contributed by atoms with Gasteiger partial charge in [0.1, 0.15) is 11.5 Å². The number of nitrogens with one attached hydrogen (secondary N) is 2. The molecule has 1 aliphatic rings. The number of ether oxygens (including phenoxy) is 1. The second-order valence-electron chi connectivity index (χ2n) is 13.1. The van der Waals surface area contributed by atoms with Gasteiger partial charge in [0.15, 0.2) is 0 Å². The first-order valence-electron chi connectivity index (χ1n) is 17.0. The molecule has 292 valence electrons. The molecule has 2 N–H and O–H groups in total. The van der Waals surface area contributed by atoms with Gasteiger partial charge in [-0.05, 0) is 100 Å². The minimum absolute atomic E-state index is 0. The summed E-state index contributed by atoms with van der Waals surface area (Å²) in [5.74, 6) is -0.483. The highest BCUT2D eigenvalue weighted by molar-refractivity contribution is 7.99. The van der Waals surface area contributed by atoms with Gasteiger partial charge in [-0.1, -0.05) is 36.4 Å². The van der Waals surface area contributed by atoms with Crippen molar-refractivity contribution in [1.82, 2.24) is 9.62 Å². The van der Waals surface area contributed by atoms with E-state index < -0.39 is 37.0 Å². The van der Waals surface area contributed by atoms with Crippen molar-refractivity contribution in [3.05, 3.63) is 124 Å². The van der Waals surface area contributed by atoms with Gasteiger partial charge in [0, 0.05) is 60.6 Å². The molecule has 1 fully saturated rings. The van der Waals surface area contributed by atoms with Crippen molar-refractivity contribution < 1.29 is 27.3 Å². The molecule has 5 rings (SSSR count). The summed E-state index contributed by atoms with van der Waals surface area (Å²) in [6, 6.07) is 26.5. The number of amides is 1. The zero-order valence-corrected chi connectivity index (χ0v) is 33.5. The summed E-state index contributed by atoms with van der Waals surface area (Å²) >= 11 is 1.62. The largest absolute Gasteiger partial charge is 0.378 e. The number of nitrogens with zero attached hydrogens (tertiary/aromatic N) is 3. The van der Waals surface area contributed by atoms with Crippen molar-refractivity contribution >= 4 is 69.6 Å². The Balaban J connectivity index is 0.00000392. The molecule has 1 saturated heterocycles. The number of sulfonamides is 1. The zero-order valence-electron chi connectivity index (χ0n) is 30.3. The molecule has 0 radical (unpaired) electrons. The number of anilines is 2. The molecule has 1 atom stereocenters. The lowest BCUT2D eigenvalue weighted by Crippen LogP contribution is -2.47. The van der Waals surface area contributed by atoms with Crippen LogP contribution in [0.3, 0.4) is 0 Å². The Hall–Kier alpha value is -3.92. The molecular weight excluding hydrogens is 776 g/mol. The average molecular weight is 823 g/mol. The second kappa shape index (κ2) is 20.1. The first-order valence-corrected chi connectivity index (χ1v) is 19.4. The zero-order chi connectivity index (χ0) is 37.3. The molecule has 0 saturated carbocycles. The van der Waals surface area contributed by atoms with Gasteiger partial charge < -0.3 is 19.9 Å². The van der Waals surface area contributed by atoms with E-state index in [0.29, 0.717) is 50.1 Å². The molecule has 1 aliphatic heterocycles. The lowest BCUT2D eigenvalue weighted by molar-refractivity contribution is -0.384. The van der Waals surface area contributed by atoms with E-state index in [2.05, 4.69) is 14.9 Å². The minimum Gasteiger partial charge on any atom is -0.378 e. The summed E-state index contributed by atoms with van der Waals surface area (Å²) in [5, 5.41) is 15.4. The number of thioether (sulfide) groups is 1. The standard InChI is InChI=1S/C38H44FN5O6S2.2ClH/c1-42(2)22-19-30(27-51-32-10-5-4-6-11-32)40-35-18-17-33(25-36(35)44(46)47)52(48,49)41-37(45)28-13-15-31(16-14-28)43-23-20-38(50-3,21-24-43)26-29-9-7-8-12-34(29)39;;/h4-18,25,30,40H,19-24,26-27H2,1-3H3,(H,41,45);2*1H/t30-;;/m1../s1. The van der Waals surface area contributed by atoms with Crippen LogP contribution in [0.4, 0.5) is 21.5 Å². The van der Waals surface area contributed by atoms with Crippen LogP contribution in [-0.4, -0.2) is 82.4 Å². The number of carbonyl (C=O) groups excluding carboxylic acids is 1. The molecule has 4 aromatic carbocycles. The summed E-state index contributed by atoms with van der Waals surface area (Å²) in [5.41, 5.74) is 0.861. The minimum atomic E-state index is -4.45. The molecule has 1 amide bonds. The maximum atomic E-state index is 14.3. The van der Waals surface area contributed by atoms with E-state index >= 15 is 0 Å². The first-order chi connectivity index (χ1) is 24.9. The number of hydrogen-bond donors (Lipinski definition) is 2. The van der Waals surface area contributed by atoms with Crippen molar-refractivity contribution in [3.63, 3.8) is 0 Å². The molecule has 11 nitrogen and oxygen atoms in total. The molecule has 0 aromatic heterocycles. The number of rotatable bonds is 16. The van der Waals surface area contributed by atoms with Crippen molar-refractivity contribution in [2.24, 2.45) is 0 Å². The lowest BCUT2D eigenvalue weighted by atomic mass is 9.84. The first kappa shape index (κ1) is 44.5. The van der Waals surface area contributed by atoms with Crippen molar-refractivity contribution in [3.8, 4) is 0 Å². The topological polar surface area (TPSA) is 134 Å². The Morgan fingerprint density at radius 1 is 1.00 bits per heavy atom. The van der Waals surface area contributed by atoms with E-state index in [0.717, 1.165) is 23.2 Å². The monoisotopic (exact) mass is 821 g/mol. The lowest BCUT2D eigenvalue weighted by Gasteiger charge is -2.42. The molecule has 0 aliphatic carbocycles. The highest BCUT2D eigenvalue weighted by atomic mass is 35.5. The van der Waals surface area contributed by atoms with Gasteiger partial charge in [0.05, 0.1) is 15.4 Å². The number of piperidine rings is 1. The number of halogens is 3. The Labute approximate surface area is 333 Å². The fraction of sp³-hybridized carbons (Fsp3) is 0.342. The smallest absolute Gasteiger partial charge is 0.293 e. The molecule has 54 heavy (non-hydrogen) atoms. The van der Waals surface area contributed by atoms with Gasteiger partial charge in [-0.3, -0.25) is 14.9 Å². The molecule has 0 unspecified atom stereocenters. The van der Waals surface area contributed by atoms with E-state index in [1.54, 1.807) is 43.1 Å². The molecule has 0 bridgehead atoms. The predicted molar refractivity (Wildman–Crippen MR) is 218 cm³/mol. The van der Waals surface area contributed by atoms with Crippen LogP contribution in [0.1, 0.15) is 35.2 Å². The van der Waals surface area contributed by atoms with Crippen LogP contribution < -0.4 is 14.9 Å². The normalized spacial score (nSPS) is 14.4. The van der Waals surface area contributed by atoms with Crippen molar-refractivity contribution in [2.45, 2.75) is 47.1 Å². The van der Waals surface area contributed by atoms with Gasteiger partial charge >= 0.3 is 0 Å². The summed E-state index contributed by atoms with van der Waals surface area (Å²) in [7, 11) is 1.10. The molecule has 4 aromatic rings. The van der Waals surface area contributed by atoms with Crippen LogP contribution in [0.2, 0.25) is 0 Å². The average Bonchev–Trinajstić information content (AvgIpc) is 3.14. The maximum absolute atomic E-state index is 14.3. The van der Waals surface area contributed by atoms with E-state index in [1.165, 1.54) is 30.3 Å². The van der Waals surface area contributed by atoms with Crippen LogP contribution in [0.25, 0.3) is 0 Å². The van der Waals surface area contributed by atoms with Gasteiger partial charge in [0.2, 0.25) is 0 Å². The maximum Gasteiger partial charge on any atom is 0.293 e. The van der Waals surface area contributed by atoms with Crippen LogP contribution in [0, 0.1) is 15.9 Å². The highest BCUT2D eigenvalue weighted by Crippen LogP contribution is 2.33. The van der Waals surface area contributed by atoms with Crippen LogP contribution >= 0.6 is 36.6 Å². The number of nitro groups is 1. The summed E-state index contributed by atoms with van der Waals surface area (Å²) in [6.07, 6.45) is 2.50. The summed E-state index contributed by atoms with van der Waals surface area (Å²) in [6.45, 7) is 2.03. The van der Waals surface area contributed by atoms with Crippen molar-refractivity contribution in [2.75, 3.05) is 56.8 Å². The Bertz CT molecular complexity index is 1950. The third kappa shape index (κ3) is 11.8. The highest BCUT2D eigenvalue weighted by Gasteiger charge is 2.35. The number of methoxy groups -OCH3 is 1. The van der Waals surface area contributed by atoms with E-state index in [1.807, 2.05) is 55.4 Å². The number of hydrogen-bond acceptors (Lipinski definition) is 10. The summed E-state index contributed by atoms with van der Waals surface area (Å²) in [4.78, 5) is 29.4. The van der Waals surface area contributed by atoms with Crippen molar-refractivity contribution in [1.29, 1.82) is 0 Å². The van der Waals surface area contributed by atoms with E-state index in [4.69, 9.17) is 4.74 Å². The Kier molecular flexibility index (Phi) is 16.6. The van der Waals surface area contributed by atoms with Gasteiger partial charge in [-0.15, -0.1) is 36.6 Å².